The Balaban J connectivity index is 1.86. The molecule has 0 saturated carbocycles. The molecule has 3 heteroatoms. The van der Waals surface area contributed by atoms with Crippen LogP contribution in [0.1, 0.15) is 25.7 Å². The molecule has 0 bridgehead atoms. The van der Waals surface area contributed by atoms with Crippen molar-refractivity contribution >= 4 is 0 Å². The molecular formula is C11H19NO2. The van der Waals surface area contributed by atoms with Gasteiger partial charge in [0.2, 0.25) is 0 Å². The van der Waals surface area contributed by atoms with Crippen LogP contribution in [-0.2, 0) is 4.74 Å². The molecule has 1 N–H and O–H groups in total. The Bertz CT molecular complexity index is 233. The summed E-state index contributed by atoms with van der Waals surface area (Å²) in [5.41, 5.74) is 0.142. The number of aliphatic hydroxyl groups is 1. The van der Waals surface area contributed by atoms with Gasteiger partial charge in [0.15, 0.2) is 0 Å². The maximum absolute atomic E-state index is 9.59. The molecule has 80 valence electrons. The third-order valence-electron chi connectivity index (χ3n) is 4.42. The van der Waals surface area contributed by atoms with Gasteiger partial charge in [0, 0.05) is 18.2 Å². The molecule has 3 heterocycles. The van der Waals surface area contributed by atoms with Gasteiger partial charge in [0.25, 0.3) is 0 Å². The van der Waals surface area contributed by atoms with E-state index in [-0.39, 0.29) is 5.54 Å². The number of rotatable bonds is 1. The maximum atomic E-state index is 9.59. The van der Waals surface area contributed by atoms with Crippen LogP contribution in [-0.4, -0.2) is 48.0 Å². The lowest BCUT2D eigenvalue weighted by atomic mass is 9.88. The van der Waals surface area contributed by atoms with Crippen LogP contribution in [0.5, 0.6) is 0 Å². The van der Waals surface area contributed by atoms with E-state index >= 15 is 0 Å². The Morgan fingerprint density at radius 2 is 2.43 bits per heavy atom. The number of ether oxygens (including phenoxy) is 1. The van der Waals surface area contributed by atoms with Gasteiger partial charge in [-0.2, -0.15) is 0 Å². The van der Waals surface area contributed by atoms with Crippen molar-refractivity contribution in [3.63, 3.8) is 0 Å². The molecule has 3 fully saturated rings. The SMILES string of the molecule is OC[C@@]12CCCN1[C@@H]1CCOCC1C2. The van der Waals surface area contributed by atoms with E-state index in [1.807, 2.05) is 0 Å². The minimum Gasteiger partial charge on any atom is -0.394 e. The molecule has 3 rings (SSSR count). The molecule has 3 atom stereocenters. The fraction of sp³-hybridized carbons (Fsp3) is 1.00. The third kappa shape index (κ3) is 1.09. The molecule has 0 aromatic heterocycles. The van der Waals surface area contributed by atoms with E-state index in [1.165, 1.54) is 25.8 Å². The Labute approximate surface area is 85.0 Å². The summed E-state index contributed by atoms with van der Waals surface area (Å²) in [6.45, 7) is 3.38. The molecule has 0 radical (unpaired) electrons. The van der Waals surface area contributed by atoms with Gasteiger partial charge in [-0.3, -0.25) is 4.90 Å². The van der Waals surface area contributed by atoms with Gasteiger partial charge >= 0.3 is 0 Å². The molecule has 0 aromatic carbocycles. The van der Waals surface area contributed by atoms with Crippen LogP contribution in [0.2, 0.25) is 0 Å². The van der Waals surface area contributed by atoms with E-state index in [2.05, 4.69) is 4.90 Å². The van der Waals surface area contributed by atoms with Crippen LogP contribution < -0.4 is 0 Å². The standard InChI is InChI=1S/C11H19NO2/c13-8-11-3-1-4-12(11)10-2-5-14-7-9(10)6-11/h9-10,13H,1-8H2/t9?,10-,11+/m1/s1. The lowest BCUT2D eigenvalue weighted by molar-refractivity contribution is 0.0143. The summed E-state index contributed by atoms with van der Waals surface area (Å²) in [5, 5.41) is 9.59. The second kappa shape index (κ2) is 3.19. The summed E-state index contributed by atoms with van der Waals surface area (Å²) in [4.78, 5) is 2.58. The first-order valence-electron chi connectivity index (χ1n) is 5.81. The van der Waals surface area contributed by atoms with E-state index in [0.717, 1.165) is 19.6 Å². The van der Waals surface area contributed by atoms with Crippen LogP contribution in [0.15, 0.2) is 0 Å². The highest BCUT2D eigenvalue weighted by atomic mass is 16.5. The second-order valence-corrected chi connectivity index (χ2v) is 5.07. The van der Waals surface area contributed by atoms with E-state index in [1.54, 1.807) is 0 Å². The quantitative estimate of drug-likeness (QED) is 0.669. The number of fused-ring (bicyclic) bond motifs is 3. The molecule has 0 amide bonds. The first-order chi connectivity index (χ1) is 6.86. The van der Waals surface area contributed by atoms with Crippen molar-refractivity contribution in [1.29, 1.82) is 0 Å². The summed E-state index contributed by atoms with van der Waals surface area (Å²) in [6.07, 6.45) is 4.79. The highest BCUT2D eigenvalue weighted by Gasteiger charge is 2.53. The molecule has 3 aliphatic rings. The van der Waals surface area contributed by atoms with Crippen molar-refractivity contribution in [2.75, 3.05) is 26.4 Å². The highest BCUT2D eigenvalue weighted by molar-refractivity contribution is 5.08. The van der Waals surface area contributed by atoms with Gasteiger partial charge < -0.3 is 9.84 Å². The minimum absolute atomic E-state index is 0.142. The van der Waals surface area contributed by atoms with Gasteiger partial charge in [0.05, 0.1) is 13.2 Å². The van der Waals surface area contributed by atoms with Crippen molar-refractivity contribution in [3.8, 4) is 0 Å². The fourth-order valence-corrected chi connectivity index (χ4v) is 3.81. The monoisotopic (exact) mass is 197 g/mol. The summed E-state index contributed by atoms with van der Waals surface area (Å²) < 4.78 is 5.53. The predicted molar refractivity (Wildman–Crippen MR) is 53.1 cm³/mol. The van der Waals surface area contributed by atoms with Gasteiger partial charge in [-0.1, -0.05) is 0 Å². The Kier molecular flexibility index (Phi) is 2.08. The minimum atomic E-state index is 0.142. The zero-order valence-electron chi connectivity index (χ0n) is 8.61. The Morgan fingerprint density at radius 3 is 3.29 bits per heavy atom. The molecule has 3 nitrogen and oxygen atoms in total. The third-order valence-corrected chi connectivity index (χ3v) is 4.42. The lowest BCUT2D eigenvalue weighted by Crippen LogP contribution is -2.46. The van der Waals surface area contributed by atoms with Gasteiger partial charge in [-0.05, 0) is 38.1 Å². The average molecular weight is 197 g/mol. The van der Waals surface area contributed by atoms with Gasteiger partial charge in [-0.15, -0.1) is 0 Å². The molecule has 0 aromatic rings. The van der Waals surface area contributed by atoms with Gasteiger partial charge in [0.1, 0.15) is 0 Å². The number of hydrogen-bond acceptors (Lipinski definition) is 3. The van der Waals surface area contributed by atoms with Crippen LogP contribution in [0.3, 0.4) is 0 Å². The smallest absolute Gasteiger partial charge is 0.0615 e. The first-order valence-corrected chi connectivity index (χ1v) is 5.81. The van der Waals surface area contributed by atoms with Crippen LogP contribution in [0, 0.1) is 5.92 Å². The predicted octanol–water partition coefficient (Wildman–Crippen LogP) is 0.622. The fourth-order valence-electron chi connectivity index (χ4n) is 3.81. The molecule has 3 saturated heterocycles. The summed E-state index contributed by atoms with van der Waals surface area (Å²) in [6, 6.07) is 0.707. The maximum Gasteiger partial charge on any atom is 0.0615 e. The average Bonchev–Trinajstić information content (AvgIpc) is 2.73. The molecular weight excluding hydrogens is 178 g/mol. The van der Waals surface area contributed by atoms with Crippen molar-refractivity contribution in [3.05, 3.63) is 0 Å². The highest BCUT2D eigenvalue weighted by Crippen LogP contribution is 2.47. The van der Waals surface area contributed by atoms with Crippen LogP contribution >= 0.6 is 0 Å². The van der Waals surface area contributed by atoms with Crippen molar-refractivity contribution in [1.82, 2.24) is 4.90 Å². The molecule has 14 heavy (non-hydrogen) atoms. The normalized spacial score (nSPS) is 47.8. The number of nitrogens with zero attached hydrogens (tertiary/aromatic N) is 1. The van der Waals surface area contributed by atoms with Crippen molar-refractivity contribution in [2.24, 2.45) is 5.92 Å². The van der Waals surface area contributed by atoms with Crippen molar-refractivity contribution < 1.29 is 9.84 Å². The summed E-state index contributed by atoms with van der Waals surface area (Å²) in [5.74, 6) is 0.691. The van der Waals surface area contributed by atoms with E-state index < -0.39 is 0 Å². The van der Waals surface area contributed by atoms with Crippen LogP contribution in [0.25, 0.3) is 0 Å². The second-order valence-electron chi connectivity index (χ2n) is 5.07. The lowest BCUT2D eigenvalue weighted by Gasteiger charge is -2.34. The van der Waals surface area contributed by atoms with E-state index in [4.69, 9.17) is 4.74 Å². The van der Waals surface area contributed by atoms with E-state index in [9.17, 15) is 5.11 Å². The summed E-state index contributed by atoms with van der Waals surface area (Å²) >= 11 is 0. The Morgan fingerprint density at radius 1 is 1.50 bits per heavy atom. The molecule has 0 spiro atoms. The van der Waals surface area contributed by atoms with Gasteiger partial charge in [-0.25, -0.2) is 0 Å². The zero-order chi connectivity index (χ0) is 9.60. The topological polar surface area (TPSA) is 32.7 Å². The number of aliphatic hydroxyl groups excluding tert-OH is 1. The molecule has 3 aliphatic heterocycles. The first kappa shape index (κ1) is 9.13. The van der Waals surface area contributed by atoms with E-state index in [0.29, 0.717) is 18.6 Å². The van der Waals surface area contributed by atoms with Crippen LogP contribution in [0.4, 0.5) is 0 Å². The molecule has 1 unspecified atom stereocenters. The Hall–Kier alpha value is -0.120. The summed E-state index contributed by atoms with van der Waals surface area (Å²) in [7, 11) is 0. The van der Waals surface area contributed by atoms with Crippen molar-refractivity contribution in [2.45, 2.75) is 37.3 Å². The molecule has 0 aliphatic carbocycles. The zero-order valence-corrected chi connectivity index (χ0v) is 8.61. The largest absolute Gasteiger partial charge is 0.394 e. The number of hydrogen-bond donors (Lipinski definition) is 1.